The third kappa shape index (κ3) is 20.0. The number of hydrogen-bond acceptors (Lipinski definition) is 12. The van der Waals surface area contributed by atoms with Gasteiger partial charge in [-0.25, -0.2) is 9.59 Å². The lowest BCUT2D eigenvalue weighted by atomic mass is 9.81. The molecule has 4 heterocycles. The van der Waals surface area contributed by atoms with Crippen molar-refractivity contribution >= 4 is 51.6 Å². The first-order chi connectivity index (χ1) is 31.6. The maximum absolute atomic E-state index is 13.2. The highest BCUT2D eigenvalue weighted by molar-refractivity contribution is 9.09. The van der Waals surface area contributed by atoms with Crippen molar-refractivity contribution in [1.29, 1.82) is 0 Å². The summed E-state index contributed by atoms with van der Waals surface area (Å²) in [5, 5.41) is 1.15. The summed E-state index contributed by atoms with van der Waals surface area (Å²) < 4.78 is 31.3. The number of ether oxygens (including phenoxy) is 6. The monoisotopic (exact) mass is 970 g/mol. The van der Waals surface area contributed by atoms with Gasteiger partial charge in [0.1, 0.15) is 37.1 Å². The molecule has 15 heteroatoms. The first kappa shape index (κ1) is 53.3. The number of piperidine rings is 2. The summed E-state index contributed by atoms with van der Waals surface area (Å²) in [7, 11) is 0. The number of carbonyl (C=O) groups is 6. The molecule has 360 valence electrons. The second-order valence-electron chi connectivity index (χ2n) is 16.9. The van der Waals surface area contributed by atoms with Gasteiger partial charge >= 0.3 is 24.1 Å². The standard InChI is InChI=1S/C25H35NO6.C18H23NO5.C7H13BrO/c1-2-31-24(28)22(9-8-19-12-16-30-17-13-19)23(27)21-10-14-26(15-11-21)25(29)32-18-20-6-4-3-5-7-20;1-2-23-17(21)12-16(20)15-8-10-19(11-9-15)18(22)24-13-14-6-4-3-5-7-14;8-4-1-7-2-5-9-6-3-7/h3-7,19,21-22H,2,8-18H2,1H3;3-7,15H,2,8-13H2,1H3;7H,1-6H2. The van der Waals surface area contributed by atoms with E-state index in [-0.39, 0.29) is 68.4 Å². The number of Topliss-reactive ketones (excluding diaryl/α,β-unsaturated/α-hetero) is 2. The maximum atomic E-state index is 13.2. The zero-order valence-corrected chi connectivity index (χ0v) is 40.1. The number of likely N-dealkylation sites (tertiary alicyclic amines) is 2. The minimum atomic E-state index is -0.709. The molecule has 2 aromatic rings. The van der Waals surface area contributed by atoms with Gasteiger partial charge in [0.25, 0.3) is 0 Å². The van der Waals surface area contributed by atoms with Gasteiger partial charge in [-0.1, -0.05) is 76.6 Å². The molecule has 65 heavy (non-hydrogen) atoms. The third-order valence-electron chi connectivity index (χ3n) is 12.4. The van der Waals surface area contributed by atoms with Crippen LogP contribution in [0.25, 0.3) is 0 Å². The topological polar surface area (TPSA) is 164 Å². The molecule has 4 fully saturated rings. The summed E-state index contributed by atoms with van der Waals surface area (Å²) in [6.07, 6.45) is 8.48. The number of hydrogen-bond donors (Lipinski definition) is 0. The van der Waals surface area contributed by atoms with Crippen LogP contribution in [0, 0.1) is 29.6 Å². The van der Waals surface area contributed by atoms with Crippen LogP contribution < -0.4 is 0 Å². The molecule has 2 amide bonds. The highest BCUT2D eigenvalue weighted by Gasteiger charge is 2.37. The Bertz CT molecular complexity index is 1700. The van der Waals surface area contributed by atoms with E-state index in [1.807, 2.05) is 60.7 Å². The highest BCUT2D eigenvalue weighted by atomic mass is 79.9. The fourth-order valence-electron chi connectivity index (χ4n) is 8.38. The van der Waals surface area contributed by atoms with E-state index in [9.17, 15) is 28.8 Å². The largest absolute Gasteiger partial charge is 0.466 e. The number of nitrogens with zero attached hydrogens (tertiary/aromatic N) is 2. The molecule has 0 N–H and O–H groups in total. The van der Waals surface area contributed by atoms with Crippen LogP contribution in [0.3, 0.4) is 0 Å². The molecule has 2 aromatic carbocycles. The molecule has 4 aliphatic heterocycles. The average Bonchev–Trinajstić information content (AvgIpc) is 3.34. The summed E-state index contributed by atoms with van der Waals surface area (Å²) >= 11 is 3.44. The zero-order chi connectivity index (χ0) is 46.7. The minimum Gasteiger partial charge on any atom is -0.466 e. The fraction of sp³-hybridized carbons (Fsp3) is 0.640. The van der Waals surface area contributed by atoms with Crippen molar-refractivity contribution in [3.05, 3.63) is 71.8 Å². The molecule has 4 aliphatic rings. The molecule has 0 aromatic heterocycles. The van der Waals surface area contributed by atoms with Crippen molar-refractivity contribution in [3.63, 3.8) is 0 Å². The molecule has 0 radical (unpaired) electrons. The molecular formula is C50H71BrN2O12. The Morgan fingerprint density at radius 3 is 1.49 bits per heavy atom. The predicted octanol–water partition coefficient (Wildman–Crippen LogP) is 8.75. The molecule has 6 rings (SSSR count). The zero-order valence-electron chi connectivity index (χ0n) is 38.5. The molecule has 14 nitrogen and oxygen atoms in total. The van der Waals surface area contributed by atoms with E-state index >= 15 is 0 Å². The SMILES string of the molecule is BrCCC1CCOCC1.CCOC(=O)C(CCC1CCOCC1)C(=O)C1CCN(C(=O)OCc2ccccc2)CC1.CCOC(=O)CC(=O)C1CCN(C(=O)OCc2ccccc2)CC1. The molecule has 0 bridgehead atoms. The molecule has 1 atom stereocenters. The number of benzene rings is 2. The van der Waals surface area contributed by atoms with Gasteiger partial charge in [-0.2, -0.15) is 0 Å². The van der Waals surface area contributed by atoms with Crippen molar-refractivity contribution in [2.24, 2.45) is 29.6 Å². The van der Waals surface area contributed by atoms with Gasteiger partial charge in [0.15, 0.2) is 0 Å². The van der Waals surface area contributed by atoms with Gasteiger partial charge in [-0.05, 0) is 107 Å². The summed E-state index contributed by atoms with van der Waals surface area (Å²) in [4.78, 5) is 76.8. The molecule has 0 aliphatic carbocycles. The van der Waals surface area contributed by atoms with Crippen molar-refractivity contribution in [1.82, 2.24) is 9.80 Å². The smallest absolute Gasteiger partial charge is 0.410 e. The van der Waals surface area contributed by atoms with E-state index in [2.05, 4.69) is 15.9 Å². The second-order valence-corrected chi connectivity index (χ2v) is 17.7. The van der Waals surface area contributed by atoms with E-state index in [0.29, 0.717) is 64.2 Å². The van der Waals surface area contributed by atoms with Crippen molar-refractivity contribution < 1.29 is 57.2 Å². The Morgan fingerprint density at radius 1 is 0.600 bits per heavy atom. The Kier molecular flexibility index (Phi) is 25.2. The van der Waals surface area contributed by atoms with Crippen LogP contribution in [0.2, 0.25) is 0 Å². The summed E-state index contributed by atoms with van der Waals surface area (Å²) in [6, 6.07) is 19.0. The molecule has 4 saturated heterocycles. The summed E-state index contributed by atoms with van der Waals surface area (Å²) in [5.74, 6) is -0.725. The lowest BCUT2D eigenvalue weighted by Gasteiger charge is -2.32. The van der Waals surface area contributed by atoms with Gasteiger partial charge in [0.2, 0.25) is 0 Å². The number of halogens is 1. The lowest BCUT2D eigenvalue weighted by Crippen LogP contribution is -2.42. The van der Waals surface area contributed by atoms with Gasteiger partial charge in [0.05, 0.1) is 13.2 Å². The van der Waals surface area contributed by atoms with Crippen LogP contribution in [-0.4, -0.2) is 117 Å². The quantitative estimate of drug-likeness (QED) is 0.0642. The molecule has 0 spiro atoms. The Morgan fingerprint density at radius 2 is 1.05 bits per heavy atom. The van der Waals surface area contributed by atoms with E-state index in [0.717, 1.165) is 68.1 Å². The Balaban J connectivity index is 0.000000245. The summed E-state index contributed by atoms with van der Waals surface area (Å²) in [5.41, 5.74) is 1.87. The number of esters is 2. The number of alkyl halides is 1. The normalized spacial score (nSPS) is 17.8. The number of amides is 2. The second kappa shape index (κ2) is 30.8. The number of carbonyl (C=O) groups excluding carboxylic acids is 6. The third-order valence-corrected chi connectivity index (χ3v) is 12.8. The van der Waals surface area contributed by atoms with E-state index in [1.165, 1.54) is 19.3 Å². The van der Waals surface area contributed by atoms with Crippen LogP contribution in [-0.2, 0) is 60.8 Å². The average molecular weight is 972 g/mol. The van der Waals surface area contributed by atoms with Crippen LogP contribution in [0.1, 0.15) is 102 Å². The maximum Gasteiger partial charge on any atom is 0.410 e. The molecule has 1 unspecified atom stereocenters. The lowest BCUT2D eigenvalue weighted by molar-refractivity contribution is -0.153. The first-order valence-corrected chi connectivity index (χ1v) is 24.7. The predicted molar refractivity (Wildman–Crippen MR) is 248 cm³/mol. The Hall–Kier alpha value is -4.34. The van der Waals surface area contributed by atoms with Gasteiger partial charge in [-0.15, -0.1) is 0 Å². The number of rotatable bonds is 17. The highest BCUT2D eigenvalue weighted by Crippen LogP contribution is 2.29. The minimum absolute atomic E-state index is 0.0344. The van der Waals surface area contributed by atoms with Crippen molar-refractivity contribution in [3.8, 4) is 0 Å². The van der Waals surface area contributed by atoms with Gasteiger partial charge in [-0.3, -0.25) is 19.2 Å². The van der Waals surface area contributed by atoms with Gasteiger partial charge in [0, 0.05) is 69.8 Å². The number of ketones is 2. The van der Waals surface area contributed by atoms with Crippen LogP contribution in [0.4, 0.5) is 9.59 Å². The first-order valence-electron chi connectivity index (χ1n) is 23.6. The van der Waals surface area contributed by atoms with Crippen LogP contribution in [0.15, 0.2) is 60.7 Å². The molecule has 0 saturated carbocycles. The van der Waals surface area contributed by atoms with E-state index in [1.54, 1.807) is 23.6 Å². The van der Waals surface area contributed by atoms with Gasteiger partial charge < -0.3 is 38.2 Å². The van der Waals surface area contributed by atoms with Crippen molar-refractivity contribution in [2.45, 2.75) is 104 Å². The van der Waals surface area contributed by atoms with E-state index in [4.69, 9.17) is 28.4 Å². The van der Waals surface area contributed by atoms with Crippen molar-refractivity contribution in [2.75, 3.05) is 71.2 Å². The fourth-order valence-corrected chi connectivity index (χ4v) is 9.03. The Labute approximate surface area is 393 Å². The summed E-state index contributed by atoms with van der Waals surface area (Å²) in [6.45, 7) is 9.80. The molecular weight excluding hydrogens is 900 g/mol. The van der Waals surface area contributed by atoms with Crippen LogP contribution >= 0.6 is 15.9 Å². The van der Waals surface area contributed by atoms with Crippen LogP contribution in [0.5, 0.6) is 0 Å². The van der Waals surface area contributed by atoms with E-state index < -0.39 is 17.9 Å².